The van der Waals surface area contributed by atoms with Crippen molar-refractivity contribution in [2.45, 2.75) is 43.8 Å². The van der Waals surface area contributed by atoms with Crippen molar-refractivity contribution in [2.24, 2.45) is 0 Å². The number of rotatable bonds is 6. The molecule has 1 aliphatic rings. The summed E-state index contributed by atoms with van der Waals surface area (Å²) in [6.45, 7) is 4.63. The maximum absolute atomic E-state index is 12.5. The van der Waals surface area contributed by atoms with Crippen molar-refractivity contribution in [1.29, 1.82) is 0 Å². The summed E-state index contributed by atoms with van der Waals surface area (Å²) in [5.41, 5.74) is 3.05. The van der Waals surface area contributed by atoms with Gasteiger partial charge in [-0.05, 0) is 24.0 Å². The molecule has 28 heavy (non-hydrogen) atoms. The van der Waals surface area contributed by atoms with Crippen molar-refractivity contribution >= 4 is 28.6 Å². The van der Waals surface area contributed by atoms with Crippen LogP contribution in [0.4, 0.5) is 0 Å². The van der Waals surface area contributed by atoms with Crippen molar-refractivity contribution in [2.75, 3.05) is 12.3 Å². The fraction of sp³-hybridized carbons (Fsp3) is 0.381. The quantitative estimate of drug-likeness (QED) is 0.627. The maximum Gasteiger partial charge on any atom is 0.254 e. The van der Waals surface area contributed by atoms with Crippen LogP contribution in [-0.4, -0.2) is 32.7 Å². The number of nitrogens with one attached hydrogen (secondary N) is 2. The zero-order valence-electron chi connectivity index (χ0n) is 16.1. The average molecular weight is 397 g/mol. The van der Waals surface area contributed by atoms with Gasteiger partial charge in [0, 0.05) is 41.9 Å². The Morgan fingerprint density at radius 1 is 1.39 bits per heavy atom. The van der Waals surface area contributed by atoms with E-state index < -0.39 is 0 Å². The minimum absolute atomic E-state index is 0.0295. The first-order valence-electron chi connectivity index (χ1n) is 9.61. The van der Waals surface area contributed by atoms with Crippen LogP contribution >= 0.6 is 11.8 Å². The number of hydrogen-bond acceptors (Lipinski definition) is 4. The smallest absolute Gasteiger partial charge is 0.254 e. The van der Waals surface area contributed by atoms with Crippen LogP contribution in [0.2, 0.25) is 0 Å². The molecule has 2 aromatic heterocycles. The Morgan fingerprint density at radius 2 is 2.21 bits per heavy atom. The summed E-state index contributed by atoms with van der Waals surface area (Å²) >= 11 is 1.55. The van der Waals surface area contributed by atoms with Gasteiger partial charge in [-0.3, -0.25) is 14.2 Å². The zero-order chi connectivity index (χ0) is 19.7. The van der Waals surface area contributed by atoms with Gasteiger partial charge in [-0.1, -0.05) is 43.8 Å². The van der Waals surface area contributed by atoms with Crippen LogP contribution < -0.4 is 10.9 Å². The van der Waals surface area contributed by atoms with Crippen LogP contribution in [0.5, 0.6) is 0 Å². The molecule has 0 spiro atoms. The van der Waals surface area contributed by atoms with Crippen molar-refractivity contribution in [3.63, 3.8) is 0 Å². The Bertz CT molecular complexity index is 1070. The van der Waals surface area contributed by atoms with E-state index in [4.69, 9.17) is 0 Å². The second kappa shape index (κ2) is 7.83. The van der Waals surface area contributed by atoms with Crippen LogP contribution in [0, 0.1) is 0 Å². The molecule has 3 aromatic rings. The van der Waals surface area contributed by atoms with E-state index in [1.807, 2.05) is 38.2 Å². The molecule has 1 aromatic carbocycles. The van der Waals surface area contributed by atoms with Gasteiger partial charge in [-0.15, -0.1) is 0 Å². The minimum atomic E-state index is -0.130. The number of carbonyl (C=O) groups is 1. The number of thioether (sulfide) groups is 1. The number of benzene rings is 1. The van der Waals surface area contributed by atoms with E-state index in [0.29, 0.717) is 18.7 Å². The van der Waals surface area contributed by atoms with Gasteiger partial charge >= 0.3 is 0 Å². The number of amides is 1. The molecular formula is C21H24N4O2S. The molecule has 1 atom stereocenters. The van der Waals surface area contributed by atoms with Crippen LogP contribution in [0.25, 0.3) is 10.9 Å². The maximum atomic E-state index is 12.5. The molecule has 1 aliphatic heterocycles. The third-order valence-electron chi connectivity index (χ3n) is 5.11. The highest BCUT2D eigenvalue weighted by Gasteiger charge is 2.27. The molecule has 7 heteroatoms. The Hall–Kier alpha value is -2.54. The topological polar surface area (TPSA) is 79.8 Å². The van der Waals surface area contributed by atoms with Gasteiger partial charge in [0.25, 0.3) is 5.56 Å². The van der Waals surface area contributed by atoms with Crippen molar-refractivity contribution in [1.82, 2.24) is 19.9 Å². The van der Waals surface area contributed by atoms with Crippen LogP contribution in [0.3, 0.4) is 0 Å². The number of aromatic nitrogens is 3. The number of fused-ring (bicyclic) bond motifs is 2. The number of aromatic amines is 1. The summed E-state index contributed by atoms with van der Waals surface area (Å²) in [7, 11) is 0. The van der Waals surface area contributed by atoms with E-state index >= 15 is 0 Å². The summed E-state index contributed by atoms with van der Waals surface area (Å²) in [4.78, 5) is 32.8. The lowest BCUT2D eigenvalue weighted by Crippen LogP contribution is -2.31. The van der Waals surface area contributed by atoms with Gasteiger partial charge in [0.1, 0.15) is 0 Å². The van der Waals surface area contributed by atoms with E-state index in [9.17, 15) is 9.59 Å². The lowest BCUT2D eigenvalue weighted by molar-refractivity contribution is -0.121. The fourth-order valence-corrected chi connectivity index (χ4v) is 4.73. The zero-order valence-corrected chi connectivity index (χ0v) is 16.9. The molecule has 0 bridgehead atoms. The molecule has 3 heterocycles. The molecule has 2 N–H and O–H groups in total. The third kappa shape index (κ3) is 3.71. The van der Waals surface area contributed by atoms with Crippen LogP contribution in [-0.2, 0) is 11.2 Å². The summed E-state index contributed by atoms with van der Waals surface area (Å²) < 4.78 is 1.68. The highest BCUT2D eigenvalue weighted by Crippen LogP contribution is 2.32. The van der Waals surface area contributed by atoms with Crippen molar-refractivity contribution in [3.05, 3.63) is 58.1 Å². The number of carbonyl (C=O) groups excluding carboxylic acids is 1. The summed E-state index contributed by atoms with van der Waals surface area (Å²) in [5.74, 6) is 0.892. The van der Waals surface area contributed by atoms with E-state index in [1.54, 1.807) is 22.4 Å². The molecule has 0 saturated carbocycles. The molecule has 146 valence electrons. The Kier molecular flexibility index (Phi) is 5.26. The molecule has 0 saturated heterocycles. The molecule has 0 unspecified atom stereocenters. The van der Waals surface area contributed by atoms with Crippen molar-refractivity contribution in [3.8, 4) is 0 Å². The first kappa shape index (κ1) is 18.8. The normalized spacial score (nSPS) is 15.9. The highest BCUT2D eigenvalue weighted by atomic mass is 32.2. The van der Waals surface area contributed by atoms with Gasteiger partial charge in [-0.2, -0.15) is 0 Å². The number of nitrogens with zero attached hydrogens (tertiary/aromatic N) is 2. The molecule has 0 fully saturated rings. The standard InChI is InChI=1S/C21H24N4O2S/c1-13(2)18-10-20(27)25-15(12-28-21(25)24-18)9-19(26)22-8-7-14-11-23-17-6-4-3-5-16(14)17/h3-6,10-11,13,15,23H,7-9,12H2,1-2H3,(H,22,26)/t15-/m1/s1. The summed E-state index contributed by atoms with van der Waals surface area (Å²) in [6, 6.07) is 9.62. The van der Waals surface area contributed by atoms with Gasteiger partial charge in [0.2, 0.25) is 5.91 Å². The number of para-hydroxylation sites is 1. The predicted molar refractivity (Wildman–Crippen MR) is 112 cm³/mol. The first-order chi connectivity index (χ1) is 13.5. The SMILES string of the molecule is CC(C)c1cc(=O)n2c(n1)SC[C@H]2CC(=O)NCCc1c[nH]c2ccccc12. The minimum Gasteiger partial charge on any atom is -0.361 e. The molecule has 6 nitrogen and oxygen atoms in total. The predicted octanol–water partition coefficient (Wildman–Crippen LogP) is 3.24. The van der Waals surface area contributed by atoms with E-state index in [0.717, 1.165) is 22.8 Å². The lowest BCUT2D eigenvalue weighted by atomic mass is 10.1. The van der Waals surface area contributed by atoms with Crippen LogP contribution in [0.15, 0.2) is 46.5 Å². The molecule has 1 amide bonds. The van der Waals surface area contributed by atoms with E-state index in [2.05, 4.69) is 21.4 Å². The van der Waals surface area contributed by atoms with Crippen molar-refractivity contribution < 1.29 is 4.79 Å². The molecule has 4 rings (SSSR count). The number of hydrogen-bond donors (Lipinski definition) is 2. The van der Waals surface area contributed by atoms with Gasteiger partial charge in [-0.25, -0.2) is 4.98 Å². The Morgan fingerprint density at radius 3 is 3.04 bits per heavy atom. The first-order valence-corrected chi connectivity index (χ1v) is 10.6. The Balaban J connectivity index is 1.36. The molecular weight excluding hydrogens is 372 g/mol. The molecule has 0 aliphatic carbocycles. The van der Waals surface area contributed by atoms with Gasteiger partial charge in [0.05, 0.1) is 11.7 Å². The summed E-state index contributed by atoms with van der Waals surface area (Å²) in [5, 5.41) is 4.92. The summed E-state index contributed by atoms with van der Waals surface area (Å²) in [6.07, 6.45) is 3.07. The van der Waals surface area contributed by atoms with Gasteiger partial charge < -0.3 is 10.3 Å². The van der Waals surface area contributed by atoms with E-state index in [1.165, 1.54) is 10.9 Å². The largest absolute Gasteiger partial charge is 0.361 e. The monoisotopic (exact) mass is 396 g/mol. The third-order valence-corrected chi connectivity index (χ3v) is 6.21. The number of H-pyrrole nitrogens is 1. The lowest BCUT2D eigenvalue weighted by Gasteiger charge is -2.14. The average Bonchev–Trinajstić information content (AvgIpc) is 3.26. The van der Waals surface area contributed by atoms with E-state index in [-0.39, 0.29) is 23.4 Å². The molecule has 0 radical (unpaired) electrons. The Labute approximate surface area is 167 Å². The fourth-order valence-electron chi connectivity index (χ4n) is 3.58. The second-order valence-corrected chi connectivity index (χ2v) is 8.44. The second-order valence-electron chi connectivity index (χ2n) is 7.45. The van der Waals surface area contributed by atoms with Gasteiger partial charge in [0.15, 0.2) is 5.16 Å². The highest BCUT2D eigenvalue weighted by molar-refractivity contribution is 7.99. The van der Waals surface area contributed by atoms with Crippen LogP contribution in [0.1, 0.15) is 43.5 Å².